The number of hydrogen-bond donors (Lipinski definition) is 7. The van der Waals surface area contributed by atoms with Crippen LogP contribution < -0.4 is 15.8 Å². The lowest BCUT2D eigenvalue weighted by molar-refractivity contribution is -0.267. The summed E-state index contributed by atoms with van der Waals surface area (Å²) in [6, 6.07) is 5.35. The van der Waals surface area contributed by atoms with E-state index in [1.54, 1.807) is 70.5 Å². The first-order valence-electron chi connectivity index (χ1n) is 29.1. The zero-order chi connectivity index (χ0) is 60.7. The molecule has 5 rings (SSSR count). The van der Waals surface area contributed by atoms with Crippen LogP contribution in [0.2, 0.25) is 0 Å². The molecule has 4 heterocycles. The van der Waals surface area contributed by atoms with Gasteiger partial charge < -0.3 is 84.0 Å². The number of carboxylic acid groups (broad SMARTS) is 1. The van der Waals surface area contributed by atoms with Gasteiger partial charge in [0.2, 0.25) is 5.43 Å². The quantitative estimate of drug-likeness (QED) is 0.0359. The van der Waals surface area contributed by atoms with Gasteiger partial charge in [-0.2, -0.15) is 0 Å². The van der Waals surface area contributed by atoms with Crippen molar-refractivity contribution in [2.75, 3.05) is 91.6 Å². The van der Waals surface area contributed by atoms with Gasteiger partial charge in [0, 0.05) is 85.6 Å². The summed E-state index contributed by atoms with van der Waals surface area (Å²) in [7, 11) is 7.44. The minimum atomic E-state index is -1.80. The largest absolute Gasteiger partial charge is 0.477 e. The van der Waals surface area contributed by atoms with E-state index in [1.165, 1.54) is 24.9 Å². The number of benzene rings is 1. The number of esters is 1. The second-order valence-electron chi connectivity index (χ2n) is 23.3. The van der Waals surface area contributed by atoms with Gasteiger partial charge >= 0.3 is 18.0 Å². The topological polar surface area (TPSA) is 293 Å². The normalized spacial score (nSPS) is 33.0. The van der Waals surface area contributed by atoms with Crippen molar-refractivity contribution in [1.82, 2.24) is 19.8 Å². The summed E-state index contributed by atoms with van der Waals surface area (Å²) in [4.78, 5) is 62.9. The summed E-state index contributed by atoms with van der Waals surface area (Å²) in [5, 5.41) is 76.7. The van der Waals surface area contributed by atoms with E-state index in [-0.39, 0.29) is 68.0 Å². The number of nitrogens with zero attached hydrogens (tertiary/aromatic N) is 5. The van der Waals surface area contributed by atoms with Gasteiger partial charge in [0.25, 0.3) is 0 Å². The van der Waals surface area contributed by atoms with E-state index in [4.69, 9.17) is 33.3 Å². The summed E-state index contributed by atoms with van der Waals surface area (Å²) >= 11 is 1.44. The van der Waals surface area contributed by atoms with Crippen LogP contribution in [0.1, 0.15) is 111 Å². The number of nitrogens with one attached hydrogen (secondary N) is 1. The third kappa shape index (κ3) is 18.4. The van der Waals surface area contributed by atoms with Crippen LogP contribution in [0.25, 0.3) is 10.9 Å². The van der Waals surface area contributed by atoms with E-state index in [9.17, 15) is 49.8 Å². The number of pyridine rings is 1. The third-order valence-corrected chi connectivity index (χ3v) is 17.4. The first-order chi connectivity index (χ1) is 38.7. The van der Waals surface area contributed by atoms with E-state index >= 15 is 0 Å². The monoisotopic (exact) mass is 1180 g/mol. The fraction of sp³-hybridized carbons (Fsp3) is 0.776. The molecule has 2 unspecified atom stereocenters. The van der Waals surface area contributed by atoms with Gasteiger partial charge in [-0.15, -0.1) is 11.8 Å². The van der Waals surface area contributed by atoms with Crippen LogP contribution in [0.15, 0.2) is 39.2 Å². The van der Waals surface area contributed by atoms with Crippen LogP contribution in [-0.2, 0) is 38.1 Å². The maximum absolute atomic E-state index is 14.1. The molecule has 1 amide bonds. The van der Waals surface area contributed by atoms with Gasteiger partial charge in [-0.3, -0.25) is 14.3 Å². The Morgan fingerprint density at radius 2 is 1.66 bits per heavy atom. The van der Waals surface area contributed by atoms with Gasteiger partial charge in [-0.25, -0.2) is 9.59 Å². The number of ether oxygens (including phenoxy) is 6. The van der Waals surface area contributed by atoms with Crippen molar-refractivity contribution in [2.24, 2.45) is 34.7 Å². The van der Waals surface area contributed by atoms with Crippen LogP contribution in [0, 0.1) is 29.6 Å². The molecule has 0 radical (unpaired) electrons. The van der Waals surface area contributed by atoms with Crippen LogP contribution >= 0.6 is 11.8 Å². The summed E-state index contributed by atoms with van der Waals surface area (Å²) in [5.41, 5.74) is -1.76. The lowest BCUT2D eigenvalue weighted by Gasteiger charge is -2.44. The number of aromatic carboxylic acids is 1. The number of hydrogen-bond acceptors (Lipinski definition) is 21. The summed E-state index contributed by atoms with van der Waals surface area (Å²) in [6.45, 7) is 19.0. The molecule has 2 aromatic rings. The minimum absolute atomic E-state index is 0.0406. The zero-order valence-corrected chi connectivity index (χ0v) is 51.3. The Balaban J connectivity index is 1.15. The number of oxime groups is 1. The molecule has 0 spiro atoms. The molecule has 0 saturated carbocycles. The van der Waals surface area contributed by atoms with E-state index in [0.717, 1.165) is 37.2 Å². The number of carbonyl (C=O) groups excluding carboxylic acids is 2. The number of aliphatic hydroxyl groups is 5. The molecule has 1 aromatic heterocycles. The van der Waals surface area contributed by atoms with Crippen LogP contribution in [0.3, 0.4) is 0 Å². The molecule has 82 heavy (non-hydrogen) atoms. The molecular weight excluding hydrogens is 1080 g/mol. The molecule has 3 aliphatic heterocycles. The van der Waals surface area contributed by atoms with Crippen molar-refractivity contribution >= 4 is 46.4 Å². The molecule has 0 aliphatic carbocycles. The Kier molecular flexibility index (Phi) is 26.6. The minimum Gasteiger partial charge on any atom is -0.477 e. The molecule has 7 N–H and O–H groups in total. The molecule has 23 nitrogen and oxygen atoms in total. The molecule has 17 atom stereocenters. The van der Waals surface area contributed by atoms with Crippen molar-refractivity contribution in [3.63, 3.8) is 0 Å². The van der Waals surface area contributed by atoms with Gasteiger partial charge in [0.1, 0.15) is 30.5 Å². The van der Waals surface area contributed by atoms with Crippen molar-refractivity contribution < 1.29 is 78.3 Å². The lowest BCUT2D eigenvalue weighted by Crippen LogP contribution is -2.54. The second kappa shape index (κ2) is 31.8. The number of carboxylic acids is 1. The number of thioether (sulfide) groups is 1. The van der Waals surface area contributed by atoms with Crippen molar-refractivity contribution in [1.29, 1.82) is 0 Å². The molecule has 3 fully saturated rings. The number of amides is 1. The number of fused-ring (bicyclic) bond motifs is 1. The predicted molar refractivity (Wildman–Crippen MR) is 311 cm³/mol. The molecule has 3 aliphatic rings. The highest BCUT2D eigenvalue weighted by atomic mass is 32.2. The van der Waals surface area contributed by atoms with Crippen molar-refractivity contribution in [2.45, 2.75) is 179 Å². The second-order valence-corrected chi connectivity index (χ2v) is 24.5. The van der Waals surface area contributed by atoms with Crippen LogP contribution in [0.4, 0.5) is 4.79 Å². The highest BCUT2D eigenvalue weighted by Gasteiger charge is 2.48. The van der Waals surface area contributed by atoms with Crippen LogP contribution in [0.5, 0.6) is 0 Å². The SMILES string of the molecule is CC[C@H]1OC(=O)[C@H](C)[C@@H](O[C@H]2CC(C)[C@@H](OC(=O)NCCOCCSc3ccc4c(c3)c(=O)c(C(=O)O)cn4N(C)C)[C@H](C)O2)[C@H](C)[C@@H](O)[C@](C)(O)C[C@@H](C)/C(=N\OCCN(CC)CCC[C@@H]2C[C@H](N(C)C)[C@@H](O)CO2)[C@H](C)[C@@H](O)C1O. The van der Waals surface area contributed by atoms with Crippen LogP contribution in [-0.4, -0.2) is 228 Å². The Bertz CT molecular complexity index is 2440. The Labute approximate surface area is 487 Å². The van der Waals surface area contributed by atoms with E-state index in [2.05, 4.69) is 22.3 Å². The molecule has 3 saturated heterocycles. The first kappa shape index (κ1) is 68.6. The Morgan fingerprint density at radius 3 is 2.30 bits per heavy atom. The molecule has 0 bridgehead atoms. The standard InChI is InChI=1S/C58H96N6O17S/c1-14-46-51(68)49(66)35(5)48(60-77-24-22-63(15-2)21-16-17-39-28-44(61(10)11)45(65)32-76-39)34(4)30-58(9,74)54(69)36(6)53(37(7)56(72)79-46)80-47-27-33(3)52(38(8)78-47)81-57(73)59-20-23-75-25-26-82-40-18-19-43-41(29-40)50(67)42(55(70)71)31-64(43)62(12)13/h18-19,29,31,33-39,44-47,49,51-54,65-66,68-69,74H,14-17,20-28,30,32H2,1-13H3,(H,59,73)(H,70,71)/b60-48+/t33?,34-,35+,36+,37-,38+,39-,44+,45+,46-,47+,49-,51?,52-,53+,54-,58-/m1/s1. The Morgan fingerprint density at radius 1 is 0.939 bits per heavy atom. The lowest BCUT2D eigenvalue weighted by atomic mass is 9.75. The molecule has 1 aromatic carbocycles. The third-order valence-electron chi connectivity index (χ3n) is 16.5. The number of rotatable bonds is 23. The summed E-state index contributed by atoms with van der Waals surface area (Å²) in [5.74, 6) is -5.18. The highest BCUT2D eigenvalue weighted by molar-refractivity contribution is 7.99. The molecular formula is C58H96N6O17S. The van der Waals surface area contributed by atoms with Crippen molar-refractivity contribution in [3.8, 4) is 0 Å². The number of likely N-dealkylation sites (N-methyl/N-ethyl adjacent to an activating group) is 2. The fourth-order valence-electron chi connectivity index (χ4n) is 11.6. The average molecular weight is 1180 g/mol. The van der Waals surface area contributed by atoms with Gasteiger partial charge in [-0.1, -0.05) is 46.7 Å². The maximum atomic E-state index is 14.1. The summed E-state index contributed by atoms with van der Waals surface area (Å²) in [6.07, 6.45) is -5.90. The number of alkyl carbamates (subject to hydrolysis) is 1. The molecule has 466 valence electrons. The smallest absolute Gasteiger partial charge is 0.407 e. The average Bonchev–Trinajstić information content (AvgIpc) is 2.63. The van der Waals surface area contributed by atoms with Gasteiger partial charge in [-0.05, 0) is 98.3 Å². The maximum Gasteiger partial charge on any atom is 0.407 e. The predicted octanol–water partition coefficient (Wildman–Crippen LogP) is 3.92. The van der Waals surface area contributed by atoms with Gasteiger partial charge in [0.15, 0.2) is 6.29 Å². The number of carbonyl (C=O) groups is 3. The summed E-state index contributed by atoms with van der Waals surface area (Å²) < 4.78 is 37.9. The van der Waals surface area contributed by atoms with E-state index < -0.39 is 108 Å². The Hall–Kier alpha value is -4.18. The number of aliphatic hydroxyl groups excluding tert-OH is 4. The molecule has 24 heteroatoms. The number of aromatic nitrogens is 1. The fourth-order valence-corrected chi connectivity index (χ4v) is 12.4. The zero-order valence-electron chi connectivity index (χ0n) is 50.5. The number of cyclic esters (lactones) is 1. The van der Waals surface area contributed by atoms with E-state index in [1.807, 2.05) is 38.9 Å². The van der Waals surface area contributed by atoms with E-state index in [0.29, 0.717) is 36.7 Å². The highest BCUT2D eigenvalue weighted by Crippen LogP contribution is 2.37. The van der Waals surface area contributed by atoms with Crippen molar-refractivity contribution in [3.05, 3.63) is 40.2 Å². The first-order valence-corrected chi connectivity index (χ1v) is 30.1. The van der Waals surface area contributed by atoms with Gasteiger partial charge in [0.05, 0.1) is 79.2 Å².